The lowest BCUT2D eigenvalue weighted by molar-refractivity contribution is 0.102. The van der Waals surface area contributed by atoms with Crippen molar-refractivity contribution in [1.82, 2.24) is 9.97 Å². The molecule has 0 aliphatic carbocycles. The number of nitrogens with one attached hydrogen (secondary N) is 2. The van der Waals surface area contributed by atoms with Gasteiger partial charge in [-0.05, 0) is 11.6 Å². The fourth-order valence-corrected chi connectivity index (χ4v) is 1.40. The van der Waals surface area contributed by atoms with Crippen molar-refractivity contribution in [1.29, 1.82) is 0 Å². The van der Waals surface area contributed by atoms with Crippen molar-refractivity contribution in [2.75, 3.05) is 5.32 Å². The molecule has 2 aromatic heterocycles. The smallest absolute Gasteiger partial charge is 0.262 e. The summed E-state index contributed by atoms with van der Waals surface area (Å²) in [6.45, 7) is 0.388. The lowest BCUT2D eigenvalue weighted by atomic mass is 10.2. The van der Waals surface area contributed by atoms with Crippen LogP contribution in [-0.4, -0.2) is 15.9 Å². The molecule has 0 aliphatic rings. The minimum atomic E-state index is -0.496. The molecule has 6 nitrogen and oxygen atoms in total. The van der Waals surface area contributed by atoms with E-state index in [0.717, 1.165) is 5.56 Å². The molecule has 0 saturated heterocycles. The molecule has 1 amide bonds. The van der Waals surface area contributed by atoms with Gasteiger partial charge in [-0.2, -0.15) is 0 Å². The highest BCUT2D eigenvalue weighted by molar-refractivity contribution is 6.03. The van der Waals surface area contributed by atoms with Gasteiger partial charge in [-0.15, -0.1) is 0 Å². The quantitative estimate of drug-likeness (QED) is 0.731. The van der Waals surface area contributed by atoms with Crippen LogP contribution < -0.4 is 16.5 Å². The first-order valence-corrected chi connectivity index (χ1v) is 5.34. The first-order valence-electron chi connectivity index (χ1n) is 5.34. The average Bonchev–Trinajstić information content (AvgIpc) is 2.40. The zero-order valence-electron chi connectivity index (χ0n) is 9.51. The van der Waals surface area contributed by atoms with Crippen LogP contribution in [0.3, 0.4) is 0 Å². The maximum absolute atomic E-state index is 11.8. The van der Waals surface area contributed by atoms with E-state index in [4.69, 9.17) is 5.73 Å². The van der Waals surface area contributed by atoms with Gasteiger partial charge in [0.1, 0.15) is 11.4 Å². The van der Waals surface area contributed by atoms with Gasteiger partial charge in [0.05, 0.1) is 0 Å². The van der Waals surface area contributed by atoms with Gasteiger partial charge in [0.25, 0.3) is 5.91 Å². The van der Waals surface area contributed by atoms with Crippen molar-refractivity contribution >= 4 is 11.7 Å². The second-order valence-electron chi connectivity index (χ2n) is 3.63. The van der Waals surface area contributed by atoms with Gasteiger partial charge in [0.2, 0.25) is 0 Å². The van der Waals surface area contributed by atoms with Crippen LogP contribution in [-0.2, 0) is 6.54 Å². The Hall–Kier alpha value is -2.47. The number of carbonyl (C=O) groups is 1. The van der Waals surface area contributed by atoms with Crippen molar-refractivity contribution in [3.05, 3.63) is 58.1 Å². The Bertz CT molecular complexity index is 604. The summed E-state index contributed by atoms with van der Waals surface area (Å²) in [4.78, 5) is 29.9. The standard InChI is InChI=1S/C12H12N4O2/c13-5-8-1-2-11(15-6-8)16-12(18)9-7-14-4-3-10(9)17/h1-4,6-7H,5,13H2,(H,14,17)(H,15,16,18). The molecule has 2 rings (SSSR count). The molecule has 4 N–H and O–H groups in total. The third-order valence-corrected chi connectivity index (χ3v) is 2.37. The Morgan fingerprint density at radius 3 is 2.83 bits per heavy atom. The predicted molar refractivity (Wildman–Crippen MR) is 67.1 cm³/mol. The lowest BCUT2D eigenvalue weighted by Crippen LogP contribution is -2.21. The molecule has 0 radical (unpaired) electrons. The van der Waals surface area contributed by atoms with Gasteiger partial charge in [-0.25, -0.2) is 4.98 Å². The van der Waals surface area contributed by atoms with Crippen LogP contribution in [0, 0.1) is 0 Å². The number of carbonyl (C=O) groups excluding carboxylic acids is 1. The minimum Gasteiger partial charge on any atom is -0.367 e. The molecule has 0 saturated carbocycles. The predicted octanol–water partition coefficient (Wildman–Crippen LogP) is 0.481. The van der Waals surface area contributed by atoms with Gasteiger partial charge in [0.15, 0.2) is 5.43 Å². The van der Waals surface area contributed by atoms with E-state index in [1.54, 1.807) is 18.3 Å². The van der Waals surface area contributed by atoms with Crippen molar-refractivity contribution in [2.45, 2.75) is 6.54 Å². The maximum atomic E-state index is 11.8. The molecule has 0 aliphatic heterocycles. The molecule has 2 heterocycles. The Labute approximate surface area is 103 Å². The number of anilines is 1. The van der Waals surface area contributed by atoms with Crippen LogP contribution in [0.1, 0.15) is 15.9 Å². The van der Waals surface area contributed by atoms with Crippen LogP contribution in [0.4, 0.5) is 5.82 Å². The number of rotatable bonds is 3. The monoisotopic (exact) mass is 244 g/mol. The van der Waals surface area contributed by atoms with Gasteiger partial charge >= 0.3 is 0 Å². The highest BCUT2D eigenvalue weighted by Crippen LogP contribution is 2.05. The average molecular weight is 244 g/mol. The number of amides is 1. The Morgan fingerprint density at radius 2 is 2.22 bits per heavy atom. The summed E-state index contributed by atoms with van der Waals surface area (Å²) in [5.74, 6) is -0.120. The fraction of sp³-hybridized carbons (Fsp3) is 0.0833. The summed E-state index contributed by atoms with van der Waals surface area (Å²) >= 11 is 0. The summed E-state index contributed by atoms with van der Waals surface area (Å²) in [6.07, 6.45) is 4.39. The molecule has 0 unspecified atom stereocenters. The SMILES string of the molecule is NCc1ccc(NC(=O)c2c[nH]ccc2=O)nc1. The second-order valence-corrected chi connectivity index (χ2v) is 3.63. The van der Waals surface area contributed by atoms with Gasteiger partial charge in [0, 0.05) is 31.2 Å². The van der Waals surface area contributed by atoms with Crippen molar-refractivity contribution in [3.8, 4) is 0 Å². The second kappa shape index (κ2) is 5.24. The lowest BCUT2D eigenvalue weighted by Gasteiger charge is -2.04. The summed E-state index contributed by atoms with van der Waals surface area (Å²) in [5.41, 5.74) is 6.01. The molecule has 0 atom stereocenters. The molecule has 0 aromatic carbocycles. The molecule has 6 heteroatoms. The van der Waals surface area contributed by atoms with Crippen LogP contribution >= 0.6 is 0 Å². The molecule has 18 heavy (non-hydrogen) atoms. The van der Waals surface area contributed by atoms with Crippen LogP contribution in [0.2, 0.25) is 0 Å². The Kier molecular flexibility index (Phi) is 3.49. The van der Waals surface area contributed by atoms with Crippen molar-refractivity contribution in [2.24, 2.45) is 5.73 Å². The topological polar surface area (TPSA) is 101 Å². The number of H-pyrrole nitrogens is 1. The van der Waals surface area contributed by atoms with E-state index in [0.29, 0.717) is 12.4 Å². The number of aromatic amines is 1. The number of hydrogen-bond donors (Lipinski definition) is 3. The van der Waals surface area contributed by atoms with E-state index in [9.17, 15) is 9.59 Å². The first kappa shape index (κ1) is 12.0. The van der Waals surface area contributed by atoms with E-state index in [1.165, 1.54) is 18.5 Å². The minimum absolute atomic E-state index is 0.0437. The number of pyridine rings is 2. The third kappa shape index (κ3) is 2.61. The summed E-state index contributed by atoms with van der Waals surface area (Å²) in [6, 6.07) is 4.69. The molecule has 0 bridgehead atoms. The van der Waals surface area contributed by atoms with E-state index < -0.39 is 5.91 Å². The van der Waals surface area contributed by atoms with E-state index >= 15 is 0 Å². The highest BCUT2D eigenvalue weighted by Gasteiger charge is 2.09. The molecular weight excluding hydrogens is 232 g/mol. The molecule has 0 spiro atoms. The fourth-order valence-electron chi connectivity index (χ4n) is 1.40. The zero-order valence-corrected chi connectivity index (χ0v) is 9.51. The maximum Gasteiger partial charge on any atom is 0.262 e. The third-order valence-electron chi connectivity index (χ3n) is 2.37. The number of hydrogen-bond acceptors (Lipinski definition) is 4. The van der Waals surface area contributed by atoms with Crippen LogP contribution in [0.25, 0.3) is 0 Å². The van der Waals surface area contributed by atoms with Crippen molar-refractivity contribution < 1.29 is 4.79 Å². The summed E-state index contributed by atoms with van der Waals surface area (Å²) < 4.78 is 0. The summed E-state index contributed by atoms with van der Waals surface area (Å²) in [7, 11) is 0. The zero-order chi connectivity index (χ0) is 13.0. The Balaban J connectivity index is 2.16. The molecule has 2 aromatic rings. The normalized spacial score (nSPS) is 10.1. The molecular formula is C12H12N4O2. The number of nitrogens with two attached hydrogens (primary N) is 1. The van der Waals surface area contributed by atoms with Crippen LogP contribution in [0.15, 0.2) is 41.6 Å². The number of nitrogens with zero attached hydrogens (tertiary/aromatic N) is 1. The van der Waals surface area contributed by atoms with Gasteiger partial charge in [-0.1, -0.05) is 6.07 Å². The van der Waals surface area contributed by atoms with Crippen molar-refractivity contribution in [3.63, 3.8) is 0 Å². The first-order chi connectivity index (χ1) is 8.70. The van der Waals surface area contributed by atoms with Gasteiger partial charge < -0.3 is 16.0 Å². The van der Waals surface area contributed by atoms with E-state index in [1.807, 2.05) is 0 Å². The molecule has 92 valence electrons. The Morgan fingerprint density at radius 1 is 1.39 bits per heavy atom. The number of aromatic nitrogens is 2. The molecule has 0 fully saturated rings. The van der Waals surface area contributed by atoms with E-state index in [2.05, 4.69) is 15.3 Å². The summed E-state index contributed by atoms with van der Waals surface area (Å²) in [5, 5.41) is 2.54. The highest BCUT2D eigenvalue weighted by atomic mass is 16.2. The largest absolute Gasteiger partial charge is 0.367 e. The van der Waals surface area contributed by atoms with Crippen LogP contribution in [0.5, 0.6) is 0 Å². The van der Waals surface area contributed by atoms with E-state index in [-0.39, 0.29) is 11.0 Å². The van der Waals surface area contributed by atoms with Gasteiger partial charge in [-0.3, -0.25) is 9.59 Å².